The van der Waals surface area contributed by atoms with E-state index in [1.165, 1.54) is 18.4 Å². The van der Waals surface area contributed by atoms with E-state index in [1.54, 1.807) is 0 Å². The Kier molecular flexibility index (Phi) is 8.66. The lowest BCUT2D eigenvalue weighted by Crippen LogP contribution is -2.41. The van der Waals surface area contributed by atoms with E-state index in [9.17, 15) is 0 Å². The van der Waals surface area contributed by atoms with Gasteiger partial charge in [0.15, 0.2) is 5.96 Å². The summed E-state index contributed by atoms with van der Waals surface area (Å²) in [6.45, 7) is 11.9. The predicted octanol–water partition coefficient (Wildman–Crippen LogP) is 3.71. The largest absolute Gasteiger partial charge is 0.491 e. The highest BCUT2D eigenvalue weighted by Crippen LogP contribution is 2.38. The van der Waals surface area contributed by atoms with Crippen molar-refractivity contribution in [2.24, 2.45) is 10.4 Å². The molecule has 1 N–H and O–H groups in total. The Hall–Kier alpha value is -1.02. The number of likely N-dealkylation sites (tertiary alicyclic amines) is 1. The summed E-state index contributed by atoms with van der Waals surface area (Å²) in [7, 11) is 0. The van der Waals surface area contributed by atoms with Gasteiger partial charge in [0.2, 0.25) is 0 Å². The van der Waals surface area contributed by atoms with E-state index < -0.39 is 0 Å². The molecule has 1 aromatic carbocycles. The summed E-state index contributed by atoms with van der Waals surface area (Å²) in [5.74, 6) is 1.98. The van der Waals surface area contributed by atoms with Gasteiger partial charge in [-0.3, -0.25) is 4.99 Å². The molecule has 0 amide bonds. The van der Waals surface area contributed by atoms with Crippen molar-refractivity contribution >= 4 is 29.9 Å². The van der Waals surface area contributed by atoms with Crippen molar-refractivity contribution in [1.29, 1.82) is 0 Å². The molecule has 0 saturated carbocycles. The molecule has 1 atom stereocenters. The Bertz CT molecular complexity index is 598. The summed E-state index contributed by atoms with van der Waals surface area (Å²) in [6.07, 6.45) is 3.56. The lowest BCUT2D eigenvalue weighted by Gasteiger charge is -2.25. The topological polar surface area (TPSA) is 46.1 Å². The second kappa shape index (κ2) is 10.5. The Morgan fingerprint density at radius 3 is 2.70 bits per heavy atom. The van der Waals surface area contributed by atoms with Crippen LogP contribution in [0.1, 0.15) is 39.2 Å². The SMILES string of the molecule is CCNC(=NCCc1ccc(OC(C)C)cc1)N1CCC2(CCOC2)C1.I. The molecule has 5 nitrogen and oxygen atoms in total. The molecule has 1 unspecified atom stereocenters. The normalized spacial score (nSPS) is 22.4. The van der Waals surface area contributed by atoms with Crippen molar-refractivity contribution < 1.29 is 9.47 Å². The van der Waals surface area contributed by atoms with Crippen LogP contribution in [-0.2, 0) is 11.2 Å². The summed E-state index contributed by atoms with van der Waals surface area (Å²) in [5, 5.41) is 3.46. The molecule has 6 heteroatoms. The monoisotopic (exact) mass is 487 g/mol. The van der Waals surface area contributed by atoms with Crippen LogP contribution in [0.15, 0.2) is 29.3 Å². The van der Waals surface area contributed by atoms with E-state index in [0.29, 0.717) is 5.41 Å². The van der Waals surface area contributed by atoms with Gasteiger partial charge in [0, 0.05) is 38.2 Å². The molecule has 0 radical (unpaired) electrons. The molecule has 2 fully saturated rings. The van der Waals surface area contributed by atoms with E-state index in [-0.39, 0.29) is 30.1 Å². The summed E-state index contributed by atoms with van der Waals surface area (Å²) >= 11 is 0. The van der Waals surface area contributed by atoms with Crippen LogP contribution in [0.4, 0.5) is 0 Å². The van der Waals surface area contributed by atoms with Crippen LogP contribution >= 0.6 is 24.0 Å². The van der Waals surface area contributed by atoms with Crippen LogP contribution in [0.25, 0.3) is 0 Å². The first kappa shape index (κ1) is 22.3. The number of rotatable bonds is 6. The highest BCUT2D eigenvalue weighted by molar-refractivity contribution is 14.0. The van der Waals surface area contributed by atoms with Crippen LogP contribution in [0, 0.1) is 5.41 Å². The van der Waals surface area contributed by atoms with Crippen molar-refractivity contribution in [3.63, 3.8) is 0 Å². The lowest BCUT2D eigenvalue weighted by atomic mass is 9.87. The van der Waals surface area contributed by atoms with Crippen molar-refractivity contribution in [3.8, 4) is 5.75 Å². The molecule has 2 aliphatic heterocycles. The van der Waals surface area contributed by atoms with Gasteiger partial charge in [0.05, 0.1) is 12.7 Å². The molecule has 0 aromatic heterocycles. The zero-order chi connectivity index (χ0) is 18.4. The number of ether oxygens (including phenoxy) is 2. The van der Waals surface area contributed by atoms with Crippen LogP contribution in [-0.4, -0.2) is 56.4 Å². The molecular formula is C21H34IN3O2. The van der Waals surface area contributed by atoms with Crippen molar-refractivity contribution in [3.05, 3.63) is 29.8 Å². The second-order valence-corrected chi connectivity index (χ2v) is 7.77. The highest BCUT2D eigenvalue weighted by Gasteiger charge is 2.42. The van der Waals surface area contributed by atoms with Gasteiger partial charge < -0.3 is 19.7 Å². The summed E-state index contributed by atoms with van der Waals surface area (Å²) in [4.78, 5) is 7.29. The van der Waals surface area contributed by atoms with E-state index >= 15 is 0 Å². The van der Waals surface area contributed by atoms with Gasteiger partial charge in [-0.25, -0.2) is 0 Å². The fourth-order valence-electron chi connectivity index (χ4n) is 3.81. The molecule has 1 aromatic rings. The van der Waals surface area contributed by atoms with E-state index in [1.807, 2.05) is 13.8 Å². The number of aliphatic imine (C=N–C) groups is 1. The van der Waals surface area contributed by atoms with Crippen molar-refractivity contribution in [2.75, 3.05) is 39.4 Å². The van der Waals surface area contributed by atoms with Crippen LogP contribution < -0.4 is 10.1 Å². The van der Waals surface area contributed by atoms with Gasteiger partial charge in [-0.1, -0.05) is 12.1 Å². The smallest absolute Gasteiger partial charge is 0.193 e. The van der Waals surface area contributed by atoms with Crippen molar-refractivity contribution in [1.82, 2.24) is 10.2 Å². The number of nitrogens with zero attached hydrogens (tertiary/aromatic N) is 2. The third-order valence-corrected chi connectivity index (χ3v) is 5.21. The summed E-state index contributed by atoms with van der Waals surface area (Å²) < 4.78 is 11.3. The number of benzene rings is 1. The Morgan fingerprint density at radius 2 is 2.07 bits per heavy atom. The van der Waals surface area contributed by atoms with Crippen LogP contribution in [0.5, 0.6) is 5.75 Å². The summed E-state index contributed by atoms with van der Waals surface area (Å²) in [6, 6.07) is 8.38. The molecule has 0 bridgehead atoms. The van der Waals surface area contributed by atoms with Gasteiger partial charge in [0.1, 0.15) is 5.75 Å². The molecular weight excluding hydrogens is 453 g/mol. The third-order valence-electron chi connectivity index (χ3n) is 5.21. The Morgan fingerprint density at radius 1 is 1.30 bits per heavy atom. The molecule has 2 aliphatic rings. The molecule has 2 saturated heterocycles. The average molecular weight is 487 g/mol. The van der Waals surface area contributed by atoms with Crippen LogP contribution in [0.2, 0.25) is 0 Å². The molecule has 1 spiro atoms. The first-order valence-corrected chi connectivity index (χ1v) is 9.97. The molecule has 0 aliphatic carbocycles. The number of hydrogen-bond donors (Lipinski definition) is 1. The molecule has 3 rings (SSSR count). The standard InChI is InChI=1S/C21H33N3O2.HI/c1-4-22-20(24-13-10-21(15-24)11-14-25-16-21)23-12-9-18-5-7-19(8-6-18)26-17(2)3;/h5-8,17H,4,9-16H2,1-3H3,(H,22,23);1H. The number of halogens is 1. The Labute approximate surface area is 180 Å². The van der Waals surface area contributed by atoms with Gasteiger partial charge in [-0.15, -0.1) is 24.0 Å². The number of guanidine groups is 1. The first-order chi connectivity index (χ1) is 12.6. The second-order valence-electron chi connectivity index (χ2n) is 7.77. The minimum atomic E-state index is 0. The van der Waals surface area contributed by atoms with Crippen LogP contribution in [0.3, 0.4) is 0 Å². The maximum Gasteiger partial charge on any atom is 0.193 e. The molecule has 152 valence electrons. The van der Waals surface area contributed by atoms with E-state index in [4.69, 9.17) is 14.5 Å². The minimum absolute atomic E-state index is 0. The van der Waals surface area contributed by atoms with E-state index in [2.05, 4.69) is 41.4 Å². The maximum absolute atomic E-state index is 5.70. The Balaban J connectivity index is 0.00000261. The van der Waals surface area contributed by atoms with Gasteiger partial charge in [-0.05, 0) is 57.7 Å². The van der Waals surface area contributed by atoms with Crippen molar-refractivity contribution in [2.45, 2.75) is 46.1 Å². The number of hydrogen-bond acceptors (Lipinski definition) is 3. The quantitative estimate of drug-likeness (QED) is 0.378. The fourth-order valence-corrected chi connectivity index (χ4v) is 3.81. The van der Waals surface area contributed by atoms with Gasteiger partial charge in [-0.2, -0.15) is 0 Å². The molecule has 2 heterocycles. The van der Waals surface area contributed by atoms with Gasteiger partial charge in [0.25, 0.3) is 0 Å². The predicted molar refractivity (Wildman–Crippen MR) is 121 cm³/mol. The summed E-state index contributed by atoms with van der Waals surface area (Å²) in [5.41, 5.74) is 1.66. The zero-order valence-electron chi connectivity index (χ0n) is 16.9. The highest BCUT2D eigenvalue weighted by atomic mass is 127. The minimum Gasteiger partial charge on any atom is -0.491 e. The fraction of sp³-hybridized carbons (Fsp3) is 0.667. The number of nitrogens with one attached hydrogen (secondary N) is 1. The lowest BCUT2D eigenvalue weighted by molar-refractivity contribution is 0.156. The third kappa shape index (κ3) is 6.24. The average Bonchev–Trinajstić information content (AvgIpc) is 3.25. The van der Waals surface area contributed by atoms with Gasteiger partial charge >= 0.3 is 0 Å². The van der Waals surface area contributed by atoms with E-state index in [0.717, 1.165) is 57.5 Å². The maximum atomic E-state index is 5.70. The zero-order valence-corrected chi connectivity index (χ0v) is 19.2. The molecule has 27 heavy (non-hydrogen) atoms. The first-order valence-electron chi connectivity index (χ1n) is 9.97.